The smallest absolute Gasteiger partial charge is 0.271 e. The van der Waals surface area contributed by atoms with Crippen LogP contribution in [0, 0.1) is 5.82 Å². The molecule has 32 heavy (non-hydrogen) atoms. The molecular weight excluding hydrogens is 407 g/mol. The maximum atomic E-state index is 13.1. The number of hydrogen-bond acceptors (Lipinski definition) is 4. The van der Waals surface area contributed by atoms with Gasteiger partial charge < -0.3 is 9.80 Å². The van der Waals surface area contributed by atoms with Gasteiger partial charge in [0.2, 0.25) is 5.91 Å². The highest BCUT2D eigenvalue weighted by Crippen LogP contribution is 2.18. The third-order valence-corrected chi connectivity index (χ3v) is 5.82. The number of amides is 1. The van der Waals surface area contributed by atoms with E-state index in [1.807, 2.05) is 29.2 Å². The number of halogens is 1. The highest BCUT2D eigenvalue weighted by molar-refractivity contribution is 5.79. The summed E-state index contributed by atoms with van der Waals surface area (Å²) >= 11 is 0. The number of carbonyl (C=O) groups excluding carboxylic acids is 1. The molecule has 0 radical (unpaired) electrons. The predicted molar refractivity (Wildman–Crippen MR) is 123 cm³/mol. The summed E-state index contributed by atoms with van der Waals surface area (Å²) in [6.45, 7) is 6.67. The topological polar surface area (TPSA) is 58.4 Å². The van der Waals surface area contributed by atoms with E-state index in [0.717, 1.165) is 11.3 Å². The molecule has 0 N–H and O–H groups in total. The van der Waals surface area contributed by atoms with Gasteiger partial charge in [-0.3, -0.25) is 9.59 Å². The van der Waals surface area contributed by atoms with Gasteiger partial charge in [0.05, 0.1) is 12.1 Å². The number of anilines is 1. The average Bonchev–Trinajstić information content (AvgIpc) is 2.81. The van der Waals surface area contributed by atoms with Crippen molar-refractivity contribution in [2.24, 2.45) is 0 Å². The molecule has 4 rings (SSSR count). The van der Waals surface area contributed by atoms with Crippen LogP contribution in [0.1, 0.15) is 30.9 Å². The summed E-state index contributed by atoms with van der Waals surface area (Å²) in [6.07, 6.45) is 0.260. The second-order valence-electron chi connectivity index (χ2n) is 8.36. The van der Waals surface area contributed by atoms with Crippen LogP contribution in [-0.4, -0.2) is 46.8 Å². The second-order valence-corrected chi connectivity index (χ2v) is 8.36. The zero-order valence-corrected chi connectivity index (χ0v) is 18.4. The number of hydrogen-bond donors (Lipinski definition) is 0. The van der Waals surface area contributed by atoms with E-state index in [0.29, 0.717) is 37.9 Å². The van der Waals surface area contributed by atoms with Crippen molar-refractivity contribution < 1.29 is 9.18 Å². The summed E-state index contributed by atoms with van der Waals surface area (Å²) in [7, 11) is 0. The molecule has 2 heterocycles. The summed E-state index contributed by atoms with van der Waals surface area (Å²) in [5.41, 5.74) is 2.56. The van der Waals surface area contributed by atoms with Gasteiger partial charge in [0, 0.05) is 32.2 Å². The number of rotatable bonds is 5. The predicted octanol–water partition coefficient (Wildman–Crippen LogP) is 3.39. The van der Waals surface area contributed by atoms with Crippen LogP contribution >= 0.6 is 0 Å². The summed E-state index contributed by atoms with van der Waals surface area (Å²) in [5.74, 6) is 0.851. The van der Waals surface area contributed by atoms with Gasteiger partial charge in [-0.05, 0) is 47.4 Å². The first-order valence-corrected chi connectivity index (χ1v) is 10.9. The first-order valence-electron chi connectivity index (χ1n) is 10.9. The molecule has 0 bridgehead atoms. The molecule has 0 aliphatic carbocycles. The Bertz CT molecular complexity index is 1130. The van der Waals surface area contributed by atoms with Crippen molar-refractivity contribution in [3.63, 3.8) is 0 Å². The summed E-state index contributed by atoms with van der Waals surface area (Å²) in [6, 6.07) is 17.2. The van der Waals surface area contributed by atoms with Crippen molar-refractivity contribution in [3.8, 4) is 5.69 Å². The van der Waals surface area contributed by atoms with Gasteiger partial charge in [0.25, 0.3) is 5.56 Å². The Morgan fingerprint density at radius 3 is 2.22 bits per heavy atom. The molecule has 3 aromatic rings. The van der Waals surface area contributed by atoms with E-state index >= 15 is 0 Å². The Labute approximate surface area is 186 Å². The minimum atomic E-state index is -0.306. The highest BCUT2D eigenvalue weighted by atomic mass is 19.1. The van der Waals surface area contributed by atoms with Crippen LogP contribution in [0.4, 0.5) is 10.2 Å². The summed E-state index contributed by atoms with van der Waals surface area (Å²) in [4.78, 5) is 28.9. The van der Waals surface area contributed by atoms with Crippen molar-refractivity contribution in [3.05, 3.63) is 88.0 Å². The van der Waals surface area contributed by atoms with E-state index in [2.05, 4.69) is 23.8 Å². The molecule has 1 aliphatic rings. The maximum absolute atomic E-state index is 13.1. The molecule has 1 saturated heterocycles. The molecular formula is C25H27FN4O2. The van der Waals surface area contributed by atoms with Crippen LogP contribution in [0.2, 0.25) is 0 Å². The molecule has 6 nitrogen and oxygen atoms in total. The lowest BCUT2D eigenvalue weighted by Crippen LogP contribution is -2.49. The van der Waals surface area contributed by atoms with Crippen LogP contribution < -0.4 is 10.5 Å². The van der Waals surface area contributed by atoms with Crippen molar-refractivity contribution in [1.82, 2.24) is 14.7 Å². The van der Waals surface area contributed by atoms with E-state index in [1.54, 1.807) is 18.2 Å². The number of piperazine rings is 1. The Morgan fingerprint density at radius 1 is 0.938 bits per heavy atom. The van der Waals surface area contributed by atoms with Gasteiger partial charge >= 0.3 is 0 Å². The van der Waals surface area contributed by atoms with Gasteiger partial charge in [0.1, 0.15) is 11.6 Å². The van der Waals surface area contributed by atoms with Gasteiger partial charge in [-0.2, -0.15) is 4.68 Å². The van der Waals surface area contributed by atoms with E-state index < -0.39 is 0 Å². The molecule has 0 unspecified atom stereocenters. The lowest BCUT2D eigenvalue weighted by molar-refractivity contribution is -0.130. The van der Waals surface area contributed by atoms with Gasteiger partial charge in [-0.15, -0.1) is 5.10 Å². The zero-order chi connectivity index (χ0) is 22.7. The molecule has 166 valence electrons. The number of aromatic nitrogens is 2. The Morgan fingerprint density at radius 2 is 1.59 bits per heavy atom. The quantitative estimate of drug-likeness (QED) is 0.618. The monoisotopic (exact) mass is 434 g/mol. The van der Waals surface area contributed by atoms with E-state index in [9.17, 15) is 14.0 Å². The van der Waals surface area contributed by atoms with Gasteiger partial charge in [0.15, 0.2) is 0 Å². The van der Waals surface area contributed by atoms with Crippen LogP contribution in [0.5, 0.6) is 0 Å². The minimum Gasteiger partial charge on any atom is -0.352 e. The van der Waals surface area contributed by atoms with Crippen LogP contribution in [-0.2, 0) is 11.2 Å². The highest BCUT2D eigenvalue weighted by Gasteiger charge is 2.22. The fourth-order valence-electron chi connectivity index (χ4n) is 3.83. The second kappa shape index (κ2) is 9.34. The Kier molecular flexibility index (Phi) is 6.35. The van der Waals surface area contributed by atoms with Gasteiger partial charge in [-0.25, -0.2) is 4.39 Å². The van der Waals surface area contributed by atoms with Crippen molar-refractivity contribution >= 4 is 11.7 Å². The fraction of sp³-hybridized carbons (Fsp3) is 0.320. The molecule has 7 heteroatoms. The van der Waals surface area contributed by atoms with E-state index in [1.165, 1.54) is 28.4 Å². The largest absolute Gasteiger partial charge is 0.352 e. The number of nitrogens with zero attached hydrogens (tertiary/aromatic N) is 4. The van der Waals surface area contributed by atoms with Crippen molar-refractivity contribution in [2.75, 3.05) is 31.1 Å². The van der Waals surface area contributed by atoms with E-state index in [4.69, 9.17) is 0 Å². The lowest BCUT2D eigenvalue weighted by Gasteiger charge is -2.35. The molecule has 0 saturated carbocycles. The third-order valence-electron chi connectivity index (χ3n) is 5.82. The molecule has 0 atom stereocenters. The molecule has 1 amide bonds. The molecule has 2 aromatic carbocycles. The Hall–Kier alpha value is -3.48. The maximum Gasteiger partial charge on any atom is 0.271 e. The van der Waals surface area contributed by atoms with Crippen molar-refractivity contribution in [2.45, 2.75) is 26.2 Å². The van der Waals surface area contributed by atoms with Crippen LogP contribution in [0.15, 0.2) is 65.5 Å². The molecule has 1 aliphatic heterocycles. The zero-order valence-electron chi connectivity index (χ0n) is 18.4. The van der Waals surface area contributed by atoms with E-state index in [-0.39, 0.29) is 23.7 Å². The van der Waals surface area contributed by atoms with Gasteiger partial charge in [-0.1, -0.05) is 38.1 Å². The Balaban J connectivity index is 1.42. The van der Waals surface area contributed by atoms with Crippen LogP contribution in [0.3, 0.4) is 0 Å². The third kappa shape index (κ3) is 4.88. The van der Waals surface area contributed by atoms with Crippen molar-refractivity contribution in [1.29, 1.82) is 0 Å². The summed E-state index contributed by atoms with van der Waals surface area (Å²) < 4.78 is 14.5. The summed E-state index contributed by atoms with van der Waals surface area (Å²) in [5, 5.41) is 4.58. The molecule has 1 aromatic heterocycles. The molecule has 0 spiro atoms. The van der Waals surface area contributed by atoms with Crippen LogP contribution in [0.25, 0.3) is 5.69 Å². The average molecular weight is 435 g/mol. The first-order chi connectivity index (χ1) is 15.4. The molecule has 1 fully saturated rings. The first kappa shape index (κ1) is 21.7. The number of carbonyl (C=O) groups is 1. The minimum absolute atomic E-state index is 0.0272. The fourth-order valence-corrected chi connectivity index (χ4v) is 3.83. The standard InChI is InChI=1S/C25H27FN4O2/c1-18(2)20-5-9-22(10-6-20)30-24(31)12-11-23(27-30)28-13-15-29(16-14-28)25(32)17-19-3-7-21(26)8-4-19/h3-12,18H,13-17H2,1-2H3. The lowest BCUT2D eigenvalue weighted by atomic mass is 10.0. The SMILES string of the molecule is CC(C)c1ccc(-n2nc(N3CCN(C(=O)Cc4ccc(F)cc4)CC3)ccc2=O)cc1. The normalized spacial score (nSPS) is 14.1. The number of benzene rings is 2.